The summed E-state index contributed by atoms with van der Waals surface area (Å²) in [6.45, 7) is 1.34. The number of aliphatic hydroxyl groups is 3. The van der Waals surface area contributed by atoms with Crippen LogP contribution in [0.25, 0.3) is 0 Å². The molecule has 0 aliphatic carbocycles. The summed E-state index contributed by atoms with van der Waals surface area (Å²) < 4.78 is 4.63. The normalized spacial score (nSPS) is 21.1. The van der Waals surface area contributed by atoms with E-state index in [4.69, 9.17) is 10.2 Å². The monoisotopic (exact) mass is 178 g/mol. The highest BCUT2D eigenvalue weighted by atomic mass is 16.5. The van der Waals surface area contributed by atoms with Crippen molar-refractivity contribution in [2.45, 2.75) is 31.3 Å². The molecule has 0 aromatic rings. The average molecular weight is 178 g/mol. The third-order valence-corrected chi connectivity index (χ3v) is 1.58. The van der Waals surface area contributed by atoms with Crippen LogP contribution in [0, 0.1) is 0 Å². The van der Waals surface area contributed by atoms with E-state index in [0.717, 1.165) is 0 Å². The lowest BCUT2D eigenvalue weighted by Crippen LogP contribution is -2.45. The summed E-state index contributed by atoms with van der Waals surface area (Å²) in [7, 11) is 1.24. The molecule has 4 atom stereocenters. The molecule has 12 heavy (non-hydrogen) atoms. The minimum Gasteiger partial charge on any atom is -0.391 e. The summed E-state index contributed by atoms with van der Waals surface area (Å²) in [6, 6.07) is 0. The first-order valence-electron chi connectivity index (χ1n) is 3.56. The number of carbonyl (C=O) groups excluding carboxylic acids is 1. The third-order valence-electron chi connectivity index (χ3n) is 1.58. The molecule has 5 heteroatoms. The lowest BCUT2D eigenvalue weighted by Gasteiger charge is -2.24. The Labute approximate surface area is 70.6 Å². The summed E-state index contributed by atoms with van der Waals surface area (Å²) >= 11 is 0. The summed E-state index contributed by atoms with van der Waals surface area (Å²) in [4.78, 5) is 10.1. The van der Waals surface area contributed by atoms with Crippen LogP contribution in [0.4, 0.5) is 0 Å². The molecule has 0 aromatic heterocycles. The quantitative estimate of drug-likeness (QED) is 0.437. The molecular weight excluding hydrogens is 164 g/mol. The molecule has 0 rings (SSSR count). The molecule has 0 amide bonds. The van der Waals surface area contributed by atoms with Gasteiger partial charge in [-0.25, -0.2) is 0 Å². The van der Waals surface area contributed by atoms with E-state index in [1.807, 2.05) is 0 Å². The first-order valence-corrected chi connectivity index (χ1v) is 3.56. The van der Waals surface area contributed by atoms with Crippen molar-refractivity contribution in [3.63, 3.8) is 0 Å². The molecule has 5 nitrogen and oxygen atoms in total. The van der Waals surface area contributed by atoms with Gasteiger partial charge in [-0.05, 0) is 6.92 Å². The minimum atomic E-state index is -1.42. The summed E-state index contributed by atoms with van der Waals surface area (Å²) in [5, 5.41) is 27.1. The van der Waals surface area contributed by atoms with Crippen LogP contribution in [0.2, 0.25) is 0 Å². The fourth-order valence-electron chi connectivity index (χ4n) is 0.833. The van der Waals surface area contributed by atoms with Gasteiger partial charge in [0.05, 0.1) is 6.10 Å². The van der Waals surface area contributed by atoms with E-state index in [-0.39, 0.29) is 6.29 Å². The molecule has 0 saturated heterocycles. The van der Waals surface area contributed by atoms with Gasteiger partial charge in [-0.1, -0.05) is 0 Å². The second kappa shape index (κ2) is 5.21. The topological polar surface area (TPSA) is 87.0 Å². The van der Waals surface area contributed by atoms with Crippen LogP contribution in [0.3, 0.4) is 0 Å². The van der Waals surface area contributed by atoms with E-state index in [0.29, 0.717) is 0 Å². The lowest BCUT2D eigenvalue weighted by atomic mass is 10.1. The van der Waals surface area contributed by atoms with Crippen LogP contribution in [0.1, 0.15) is 6.92 Å². The maximum atomic E-state index is 10.1. The maximum absolute atomic E-state index is 10.1. The van der Waals surface area contributed by atoms with Crippen molar-refractivity contribution >= 4 is 6.29 Å². The van der Waals surface area contributed by atoms with Crippen LogP contribution in [0.5, 0.6) is 0 Å². The molecule has 0 unspecified atom stereocenters. The van der Waals surface area contributed by atoms with Crippen molar-refractivity contribution in [3.8, 4) is 0 Å². The Bertz CT molecular complexity index is 136. The van der Waals surface area contributed by atoms with Crippen LogP contribution in [-0.4, -0.2) is 53.1 Å². The number of aldehydes is 1. The van der Waals surface area contributed by atoms with Crippen LogP contribution < -0.4 is 0 Å². The Balaban J connectivity index is 4.22. The van der Waals surface area contributed by atoms with Crippen molar-refractivity contribution < 1.29 is 24.9 Å². The molecular formula is C7H14O5. The molecule has 0 heterocycles. The molecule has 0 radical (unpaired) electrons. The average Bonchev–Trinajstić information content (AvgIpc) is 2.05. The smallest absolute Gasteiger partial charge is 0.151 e. The molecule has 3 N–H and O–H groups in total. The zero-order chi connectivity index (χ0) is 9.72. The van der Waals surface area contributed by atoms with Crippen molar-refractivity contribution in [2.24, 2.45) is 0 Å². The number of ether oxygens (including phenoxy) is 1. The minimum absolute atomic E-state index is 0.250. The highest BCUT2D eigenvalue weighted by Crippen LogP contribution is 2.06. The predicted octanol–water partition coefficient (Wildman–Crippen LogP) is -1.70. The molecule has 0 aliphatic heterocycles. The van der Waals surface area contributed by atoms with Crippen LogP contribution >= 0.6 is 0 Å². The molecule has 72 valence electrons. The highest BCUT2D eigenvalue weighted by Gasteiger charge is 2.29. The lowest BCUT2D eigenvalue weighted by molar-refractivity contribution is -0.138. The predicted molar refractivity (Wildman–Crippen MR) is 40.6 cm³/mol. The maximum Gasteiger partial charge on any atom is 0.151 e. The second-order valence-electron chi connectivity index (χ2n) is 2.56. The van der Waals surface area contributed by atoms with Gasteiger partial charge in [0, 0.05) is 7.11 Å². The molecule has 0 aliphatic rings. The van der Waals surface area contributed by atoms with E-state index in [9.17, 15) is 9.90 Å². The summed E-state index contributed by atoms with van der Waals surface area (Å²) in [6.07, 6.45) is -4.57. The van der Waals surface area contributed by atoms with Gasteiger partial charge < -0.3 is 24.9 Å². The SMILES string of the molecule is CO[C@@H]([C@H](O)[C@H](C)O)[C@@H](O)C=O. The Kier molecular flexibility index (Phi) is 5.00. The van der Waals surface area contributed by atoms with E-state index in [2.05, 4.69) is 4.74 Å². The van der Waals surface area contributed by atoms with Gasteiger partial charge in [-0.15, -0.1) is 0 Å². The van der Waals surface area contributed by atoms with E-state index < -0.39 is 24.4 Å². The van der Waals surface area contributed by atoms with Gasteiger partial charge in [-0.3, -0.25) is 0 Å². The number of hydrogen-bond acceptors (Lipinski definition) is 5. The zero-order valence-electron chi connectivity index (χ0n) is 7.04. The highest BCUT2D eigenvalue weighted by molar-refractivity contribution is 5.56. The first-order chi connectivity index (χ1) is 5.54. The first kappa shape index (κ1) is 11.5. The van der Waals surface area contributed by atoms with Gasteiger partial charge in [0.25, 0.3) is 0 Å². The molecule has 0 bridgehead atoms. The second-order valence-corrected chi connectivity index (χ2v) is 2.56. The summed E-state index contributed by atoms with van der Waals surface area (Å²) in [5.41, 5.74) is 0. The van der Waals surface area contributed by atoms with Crippen molar-refractivity contribution in [3.05, 3.63) is 0 Å². The Morgan fingerprint density at radius 3 is 2.08 bits per heavy atom. The fourth-order valence-corrected chi connectivity index (χ4v) is 0.833. The van der Waals surface area contributed by atoms with Crippen molar-refractivity contribution in [2.75, 3.05) is 7.11 Å². The number of carbonyl (C=O) groups is 1. The largest absolute Gasteiger partial charge is 0.391 e. The van der Waals surface area contributed by atoms with E-state index in [1.165, 1.54) is 14.0 Å². The Hall–Kier alpha value is -0.490. The van der Waals surface area contributed by atoms with Crippen molar-refractivity contribution in [1.29, 1.82) is 0 Å². The van der Waals surface area contributed by atoms with Gasteiger partial charge in [0.1, 0.15) is 18.3 Å². The summed E-state index contributed by atoms with van der Waals surface area (Å²) in [5.74, 6) is 0. The van der Waals surface area contributed by atoms with Crippen molar-refractivity contribution in [1.82, 2.24) is 0 Å². The number of hydrogen-bond donors (Lipinski definition) is 3. The van der Waals surface area contributed by atoms with E-state index >= 15 is 0 Å². The molecule has 0 spiro atoms. The van der Waals surface area contributed by atoms with Gasteiger partial charge in [0.15, 0.2) is 6.29 Å². The molecule has 0 fully saturated rings. The Morgan fingerprint density at radius 1 is 1.33 bits per heavy atom. The number of aliphatic hydroxyl groups excluding tert-OH is 3. The third kappa shape index (κ3) is 2.86. The zero-order valence-corrected chi connectivity index (χ0v) is 7.04. The Morgan fingerprint density at radius 2 is 1.83 bits per heavy atom. The van der Waals surface area contributed by atoms with Crippen LogP contribution in [-0.2, 0) is 9.53 Å². The van der Waals surface area contributed by atoms with E-state index in [1.54, 1.807) is 0 Å². The van der Waals surface area contributed by atoms with Crippen LogP contribution in [0.15, 0.2) is 0 Å². The standard InChI is InChI=1S/C7H14O5/c1-4(9)6(11)7(12-2)5(10)3-8/h3-7,9-11H,1-2H3/t4-,5-,6+,7+/m0/s1. The molecule has 0 saturated carbocycles. The fraction of sp³-hybridized carbons (Fsp3) is 0.857. The molecule has 0 aromatic carbocycles. The number of methoxy groups -OCH3 is 1. The van der Waals surface area contributed by atoms with Gasteiger partial charge >= 0.3 is 0 Å². The van der Waals surface area contributed by atoms with Gasteiger partial charge in [-0.2, -0.15) is 0 Å². The number of rotatable bonds is 5. The van der Waals surface area contributed by atoms with Gasteiger partial charge in [0.2, 0.25) is 0 Å².